The van der Waals surface area contributed by atoms with E-state index in [1.54, 1.807) is 24.3 Å². The Morgan fingerprint density at radius 2 is 1.85 bits per heavy atom. The molecule has 0 spiro atoms. The summed E-state index contributed by atoms with van der Waals surface area (Å²) >= 11 is 0. The molecule has 0 atom stereocenters. The standard InChI is InChI=1S/C18H13N3O6/c1-27-14-7-2-4-11(8-14)9-15-16(22)19-18(24)20(17(15)23)12-5-3-6-13(10-12)21(25)26/h2-10H,1H3,(H,19,22,24)/b15-9+. The van der Waals surface area contributed by atoms with Gasteiger partial charge in [0.05, 0.1) is 17.7 Å². The highest BCUT2D eigenvalue weighted by atomic mass is 16.6. The van der Waals surface area contributed by atoms with Crippen LogP contribution in [0.3, 0.4) is 0 Å². The van der Waals surface area contributed by atoms with Gasteiger partial charge in [-0.2, -0.15) is 0 Å². The lowest BCUT2D eigenvalue weighted by atomic mass is 10.1. The molecular weight excluding hydrogens is 354 g/mol. The number of carbonyl (C=O) groups is 3. The van der Waals surface area contributed by atoms with Crippen LogP contribution in [0.1, 0.15) is 5.56 Å². The van der Waals surface area contributed by atoms with Crippen molar-refractivity contribution >= 4 is 35.3 Å². The van der Waals surface area contributed by atoms with Crippen molar-refractivity contribution in [2.24, 2.45) is 0 Å². The molecule has 0 unspecified atom stereocenters. The third-order valence-electron chi connectivity index (χ3n) is 3.81. The Kier molecular flexibility index (Phi) is 4.67. The zero-order valence-corrected chi connectivity index (χ0v) is 14.0. The summed E-state index contributed by atoms with van der Waals surface area (Å²) < 4.78 is 5.10. The predicted molar refractivity (Wildman–Crippen MR) is 95.1 cm³/mol. The maximum absolute atomic E-state index is 12.8. The number of rotatable bonds is 4. The van der Waals surface area contributed by atoms with Crippen molar-refractivity contribution < 1.29 is 24.0 Å². The zero-order valence-electron chi connectivity index (χ0n) is 14.0. The van der Waals surface area contributed by atoms with Gasteiger partial charge in [-0.25, -0.2) is 9.69 Å². The van der Waals surface area contributed by atoms with Gasteiger partial charge in [0.1, 0.15) is 11.3 Å². The number of amides is 4. The molecular formula is C18H13N3O6. The fourth-order valence-electron chi connectivity index (χ4n) is 2.54. The highest BCUT2D eigenvalue weighted by molar-refractivity contribution is 6.39. The summed E-state index contributed by atoms with van der Waals surface area (Å²) in [5, 5.41) is 13.0. The Bertz CT molecular complexity index is 998. The van der Waals surface area contributed by atoms with E-state index in [4.69, 9.17) is 4.74 Å². The van der Waals surface area contributed by atoms with Crippen LogP contribution < -0.4 is 15.0 Å². The van der Waals surface area contributed by atoms with E-state index in [9.17, 15) is 24.5 Å². The van der Waals surface area contributed by atoms with Crippen molar-refractivity contribution in [3.8, 4) is 5.75 Å². The van der Waals surface area contributed by atoms with Crippen molar-refractivity contribution in [1.29, 1.82) is 0 Å². The first-order valence-corrected chi connectivity index (χ1v) is 7.70. The van der Waals surface area contributed by atoms with Crippen LogP contribution in [0.4, 0.5) is 16.2 Å². The van der Waals surface area contributed by atoms with Gasteiger partial charge in [-0.3, -0.25) is 25.0 Å². The van der Waals surface area contributed by atoms with E-state index in [0.717, 1.165) is 6.07 Å². The number of barbiturate groups is 1. The van der Waals surface area contributed by atoms with E-state index < -0.39 is 22.8 Å². The van der Waals surface area contributed by atoms with Crippen molar-refractivity contribution in [2.75, 3.05) is 12.0 Å². The number of nitro benzene ring substituents is 1. The molecule has 3 rings (SSSR count). The number of imide groups is 2. The summed E-state index contributed by atoms with van der Waals surface area (Å²) in [6.45, 7) is 0. The first-order chi connectivity index (χ1) is 12.9. The quantitative estimate of drug-likeness (QED) is 0.383. The van der Waals surface area contributed by atoms with Crippen LogP contribution in [0.5, 0.6) is 5.75 Å². The topological polar surface area (TPSA) is 119 Å². The van der Waals surface area contributed by atoms with E-state index in [1.807, 2.05) is 0 Å². The summed E-state index contributed by atoms with van der Waals surface area (Å²) in [7, 11) is 1.48. The Morgan fingerprint density at radius 1 is 1.11 bits per heavy atom. The molecule has 136 valence electrons. The molecule has 0 aromatic heterocycles. The maximum Gasteiger partial charge on any atom is 0.335 e. The monoisotopic (exact) mass is 367 g/mol. The van der Waals surface area contributed by atoms with E-state index in [-0.39, 0.29) is 16.9 Å². The molecule has 1 aliphatic heterocycles. The summed E-state index contributed by atoms with van der Waals surface area (Å²) in [6, 6.07) is 10.7. The van der Waals surface area contributed by atoms with Gasteiger partial charge in [0.15, 0.2) is 0 Å². The molecule has 0 bridgehead atoms. The summed E-state index contributed by atoms with van der Waals surface area (Å²) in [5.74, 6) is -1.21. The normalized spacial score (nSPS) is 15.7. The van der Waals surface area contributed by atoms with Gasteiger partial charge < -0.3 is 4.74 Å². The van der Waals surface area contributed by atoms with Crippen molar-refractivity contribution in [1.82, 2.24) is 5.32 Å². The average molecular weight is 367 g/mol. The van der Waals surface area contributed by atoms with Gasteiger partial charge in [0.2, 0.25) is 0 Å². The Hall–Kier alpha value is -4.01. The minimum Gasteiger partial charge on any atom is -0.497 e. The zero-order chi connectivity index (χ0) is 19.6. The summed E-state index contributed by atoms with van der Waals surface area (Å²) in [4.78, 5) is 48.0. The van der Waals surface area contributed by atoms with Gasteiger partial charge in [-0.15, -0.1) is 0 Å². The lowest BCUT2D eigenvalue weighted by Gasteiger charge is -2.26. The molecule has 9 nitrogen and oxygen atoms in total. The van der Waals surface area contributed by atoms with E-state index in [0.29, 0.717) is 16.2 Å². The smallest absolute Gasteiger partial charge is 0.335 e. The molecule has 2 aromatic carbocycles. The third kappa shape index (κ3) is 3.52. The highest BCUT2D eigenvalue weighted by Crippen LogP contribution is 2.25. The molecule has 1 aliphatic rings. The molecule has 27 heavy (non-hydrogen) atoms. The van der Waals surface area contributed by atoms with Gasteiger partial charge in [0, 0.05) is 12.1 Å². The number of carbonyl (C=O) groups excluding carboxylic acids is 3. The number of methoxy groups -OCH3 is 1. The second-order valence-electron chi connectivity index (χ2n) is 5.51. The molecule has 0 aliphatic carbocycles. The number of anilines is 1. The number of hydrogen-bond acceptors (Lipinski definition) is 6. The van der Waals surface area contributed by atoms with E-state index >= 15 is 0 Å². The first-order valence-electron chi connectivity index (χ1n) is 7.70. The second-order valence-corrected chi connectivity index (χ2v) is 5.51. The predicted octanol–water partition coefficient (Wildman–Crippen LogP) is 2.27. The lowest BCUT2D eigenvalue weighted by molar-refractivity contribution is -0.384. The lowest BCUT2D eigenvalue weighted by Crippen LogP contribution is -2.54. The average Bonchev–Trinajstić information content (AvgIpc) is 2.65. The first kappa shape index (κ1) is 17.8. The number of hydrogen-bond donors (Lipinski definition) is 1. The summed E-state index contributed by atoms with van der Waals surface area (Å²) in [6.07, 6.45) is 1.32. The van der Waals surface area contributed by atoms with Crippen LogP contribution >= 0.6 is 0 Å². The van der Waals surface area contributed by atoms with Crippen LogP contribution in [0.25, 0.3) is 6.08 Å². The molecule has 2 aromatic rings. The molecule has 4 amide bonds. The number of non-ortho nitro benzene ring substituents is 1. The van der Waals surface area contributed by atoms with Gasteiger partial charge >= 0.3 is 6.03 Å². The molecule has 0 saturated carbocycles. The van der Waals surface area contributed by atoms with Crippen LogP contribution in [0, 0.1) is 10.1 Å². The van der Waals surface area contributed by atoms with Crippen LogP contribution in [0.15, 0.2) is 54.1 Å². The number of nitrogens with one attached hydrogen (secondary N) is 1. The summed E-state index contributed by atoms with van der Waals surface area (Å²) in [5.41, 5.74) is -0.0744. The number of ether oxygens (including phenoxy) is 1. The Labute approximate surface area is 153 Å². The van der Waals surface area contributed by atoms with Crippen molar-refractivity contribution in [2.45, 2.75) is 0 Å². The number of nitrogens with zero attached hydrogens (tertiary/aromatic N) is 2. The fourth-order valence-corrected chi connectivity index (χ4v) is 2.54. The molecule has 1 saturated heterocycles. The van der Waals surface area contributed by atoms with E-state index in [1.165, 1.54) is 31.4 Å². The molecule has 0 radical (unpaired) electrons. The minimum absolute atomic E-state index is 0.0178. The minimum atomic E-state index is -0.978. The molecule has 1 heterocycles. The number of nitro groups is 1. The maximum atomic E-state index is 12.8. The Balaban J connectivity index is 2.02. The number of urea groups is 1. The molecule has 1 N–H and O–H groups in total. The van der Waals surface area contributed by atoms with Gasteiger partial charge in [-0.05, 0) is 29.8 Å². The van der Waals surface area contributed by atoms with Gasteiger partial charge in [0.25, 0.3) is 17.5 Å². The fraction of sp³-hybridized carbons (Fsp3) is 0.0556. The van der Waals surface area contributed by atoms with Crippen molar-refractivity contribution in [3.05, 3.63) is 69.8 Å². The van der Waals surface area contributed by atoms with Crippen molar-refractivity contribution in [3.63, 3.8) is 0 Å². The molecule has 9 heteroatoms. The van der Waals surface area contributed by atoms with Crippen LogP contribution in [-0.4, -0.2) is 29.9 Å². The highest BCUT2D eigenvalue weighted by Gasteiger charge is 2.37. The SMILES string of the molecule is COc1cccc(/C=C2\C(=O)NC(=O)N(c3cccc([N+](=O)[O-])c3)C2=O)c1. The second kappa shape index (κ2) is 7.08. The van der Waals surface area contributed by atoms with Crippen LogP contribution in [0.2, 0.25) is 0 Å². The van der Waals surface area contributed by atoms with Crippen LogP contribution in [-0.2, 0) is 9.59 Å². The molecule has 1 fully saturated rings. The van der Waals surface area contributed by atoms with Gasteiger partial charge in [-0.1, -0.05) is 18.2 Å². The number of benzene rings is 2. The Morgan fingerprint density at radius 3 is 2.56 bits per heavy atom. The largest absolute Gasteiger partial charge is 0.497 e. The third-order valence-corrected chi connectivity index (χ3v) is 3.81. The van der Waals surface area contributed by atoms with E-state index in [2.05, 4.69) is 5.32 Å².